The first kappa shape index (κ1) is 23.4. The minimum atomic E-state index is -0.556. The lowest BCUT2D eigenvalue weighted by molar-refractivity contribution is -0.566. The maximum Gasteiger partial charge on any atom is 0.255 e. The number of hydrogen-bond acceptors (Lipinski definition) is 2. The molecule has 10 aromatic rings. The van der Waals surface area contributed by atoms with Gasteiger partial charge in [0.1, 0.15) is 28.7 Å². The minimum absolute atomic E-state index is 0.107. The quantitative estimate of drug-likeness (QED) is 0.154. The van der Waals surface area contributed by atoms with Crippen molar-refractivity contribution in [1.82, 2.24) is 14.1 Å². The number of rotatable bonds is 7. The highest BCUT2D eigenvalue weighted by atomic mass is 16.5. The molecule has 10 rings (SSSR count). The molecule has 0 saturated carbocycles. The van der Waals surface area contributed by atoms with Crippen LogP contribution in [0.5, 0.6) is 11.5 Å². The average Bonchev–Trinajstić information content (AvgIpc) is 3.85. The Balaban J connectivity index is 1.16. The van der Waals surface area contributed by atoms with Crippen LogP contribution in [-0.4, -0.2) is 14.1 Å². The van der Waals surface area contributed by atoms with Gasteiger partial charge in [0.05, 0.1) is 24.7 Å². The standard InChI is InChI=1S/C50H37N4O/c1-34-29-35(2)50(51-32-34)54-45-24-10-9-21-43(45)44-28-27-40(31-48(44)54)55-39-20-13-19-38(30-39)52-33-53(47-26-12-11-25-46(47)52)49-41(36-15-5-3-6-16-36)22-14-23-42(49)37-17-7-4-8-18-37/h3-33H,1-2H3/q+1/i3D,4D,5D,6D,7D,8D,15D,16D,17D,18D. The Morgan fingerprint density at radius 1 is 0.600 bits per heavy atom. The molecule has 5 nitrogen and oxygen atoms in total. The van der Waals surface area contributed by atoms with E-state index in [4.69, 9.17) is 23.4 Å². The minimum Gasteiger partial charge on any atom is -0.457 e. The van der Waals surface area contributed by atoms with Crippen molar-refractivity contribution >= 4 is 32.8 Å². The fraction of sp³-hybridized carbons (Fsp3) is 0.0400. The molecular weight excluding hydrogens is 673 g/mol. The number of aryl methyl sites for hydroxylation is 2. The van der Waals surface area contributed by atoms with E-state index >= 15 is 0 Å². The Morgan fingerprint density at radius 2 is 1.25 bits per heavy atom. The molecule has 0 spiro atoms. The number of aromatic nitrogens is 4. The van der Waals surface area contributed by atoms with E-state index in [1.54, 1.807) is 29.1 Å². The van der Waals surface area contributed by atoms with E-state index in [1.165, 1.54) is 0 Å². The number of hydrogen-bond donors (Lipinski definition) is 0. The molecule has 0 atom stereocenters. The molecule has 0 aliphatic carbocycles. The zero-order valence-electron chi connectivity index (χ0n) is 39.8. The molecule has 0 aliphatic heterocycles. The van der Waals surface area contributed by atoms with Gasteiger partial charge < -0.3 is 4.74 Å². The second-order valence-corrected chi connectivity index (χ2v) is 13.3. The second kappa shape index (κ2) is 13.3. The second-order valence-electron chi connectivity index (χ2n) is 13.3. The number of pyridine rings is 1. The first-order valence-electron chi connectivity index (χ1n) is 22.8. The maximum atomic E-state index is 8.99. The summed E-state index contributed by atoms with van der Waals surface area (Å²) >= 11 is 0. The van der Waals surface area contributed by atoms with Gasteiger partial charge in [-0.1, -0.05) is 121 Å². The Bertz CT molecular complexity index is 3490. The van der Waals surface area contributed by atoms with Crippen molar-refractivity contribution in [3.05, 3.63) is 199 Å². The number of para-hydroxylation sites is 4. The molecule has 262 valence electrons. The van der Waals surface area contributed by atoms with Crippen molar-refractivity contribution in [2.45, 2.75) is 13.8 Å². The molecule has 0 fully saturated rings. The van der Waals surface area contributed by atoms with Crippen molar-refractivity contribution in [3.63, 3.8) is 0 Å². The van der Waals surface area contributed by atoms with E-state index < -0.39 is 60.4 Å². The lowest BCUT2D eigenvalue weighted by Crippen LogP contribution is -2.30. The van der Waals surface area contributed by atoms with E-state index in [0.717, 1.165) is 38.8 Å². The third-order valence-corrected chi connectivity index (χ3v) is 9.82. The molecule has 0 bridgehead atoms. The number of ether oxygens (including phenoxy) is 1. The number of imidazole rings is 1. The maximum absolute atomic E-state index is 8.99. The van der Waals surface area contributed by atoms with Crippen molar-refractivity contribution in [2.75, 3.05) is 0 Å². The van der Waals surface area contributed by atoms with Crippen molar-refractivity contribution in [1.29, 1.82) is 0 Å². The summed E-state index contributed by atoms with van der Waals surface area (Å²) in [5, 5.41) is 2.15. The monoisotopic (exact) mass is 719 g/mol. The first-order valence-corrected chi connectivity index (χ1v) is 17.8. The molecule has 3 heterocycles. The Kier molecular flexibility index (Phi) is 5.67. The number of nitrogens with zero attached hydrogens (tertiary/aromatic N) is 4. The van der Waals surface area contributed by atoms with Crippen LogP contribution in [0.3, 0.4) is 0 Å². The Hall–Kier alpha value is -7.24. The van der Waals surface area contributed by atoms with Gasteiger partial charge in [0.2, 0.25) is 0 Å². The highest BCUT2D eigenvalue weighted by Crippen LogP contribution is 2.37. The zero-order valence-corrected chi connectivity index (χ0v) is 29.8. The molecule has 3 aromatic heterocycles. The Morgan fingerprint density at radius 3 is 2.00 bits per heavy atom. The summed E-state index contributed by atoms with van der Waals surface area (Å²) in [6.45, 7) is 4.08. The van der Waals surface area contributed by atoms with Crippen molar-refractivity contribution in [2.24, 2.45) is 0 Å². The van der Waals surface area contributed by atoms with Gasteiger partial charge in [-0.15, -0.1) is 0 Å². The zero-order chi connectivity index (χ0) is 45.6. The third kappa shape index (κ3) is 5.65. The summed E-state index contributed by atoms with van der Waals surface area (Å²) in [5.41, 5.74) is 6.51. The van der Waals surface area contributed by atoms with Crippen LogP contribution >= 0.6 is 0 Å². The average molecular weight is 720 g/mol. The van der Waals surface area contributed by atoms with E-state index in [-0.39, 0.29) is 27.9 Å². The van der Waals surface area contributed by atoms with Gasteiger partial charge in [-0.25, -0.2) is 4.98 Å². The van der Waals surface area contributed by atoms with Crippen LogP contribution in [0.4, 0.5) is 0 Å². The van der Waals surface area contributed by atoms with E-state index in [2.05, 4.69) is 35.8 Å². The normalized spacial score (nSPS) is 14.0. The molecule has 55 heavy (non-hydrogen) atoms. The van der Waals surface area contributed by atoms with Gasteiger partial charge in [-0.2, -0.15) is 9.13 Å². The van der Waals surface area contributed by atoms with Gasteiger partial charge >= 0.3 is 0 Å². The van der Waals surface area contributed by atoms with Crippen molar-refractivity contribution in [3.8, 4) is 50.9 Å². The fourth-order valence-corrected chi connectivity index (χ4v) is 7.49. The lowest BCUT2D eigenvalue weighted by Gasteiger charge is -2.13. The SMILES string of the molecule is [2H]c1c([2H])c([2H])c(-c2cccc(-c3c([2H])c([2H])c([2H])c([2H])c3[2H])c2-[n+]2cn(-c3cccc(Oc4ccc5c6ccccc6n(-c6ncc(C)cc6C)c5c4)c3)c3ccccc32)c([2H])c1[2H]. The summed E-state index contributed by atoms with van der Waals surface area (Å²) in [6.07, 6.45) is 3.65. The summed E-state index contributed by atoms with van der Waals surface area (Å²) in [5.74, 6) is 1.97. The number of fused-ring (bicyclic) bond motifs is 4. The molecule has 0 aliphatic rings. The van der Waals surface area contributed by atoms with Gasteiger partial charge in [-0.3, -0.25) is 4.57 Å². The van der Waals surface area contributed by atoms with Crippen LogP contribution in [0.1, 0.15) is 24.8 Å². The van der Waals surface area contributed by atoms with E-state index in [1.807, 2.05) is 90.5 Å². The predicted molar refractivity (Wildman–Crippen MR) is 224 cm³/mol. The summed E-state index contributed by atoms with van der Waals surface area (Å²) < 4.78 is 99.2. The first-order chi connectivity index (χ1) is 31.2. The smallest absolute Gasteiger partial charge is 0.255 e. The molecular formula is C50H37N4O+. The highest BCUT2D eigenvalue weighted by molar-refractivity contribution is 6.09. The van der Waals surface area contributed by atoms with Crippen molar-refractivity contribution < 1.29 is 23.0 Å². The molecule has 0 saturated heterocycles. The van der Waals surface area contributed by atoms with Crippen LogP contribution in [0.2, 0.25) is 0 Å². The summed E-state index contributed by atoms with van der Waals surface area (Å²) in [7, 11) is 0. The largest absolute Gasteiger partial charge is 0.457 e. The third-order valence-electron chi connectivity index (χ3n) is 9.82. The molecule has 5 heteroatoms. The molecule has 7 aromatic carbocycles. The van der Waals surface area contributed by atoms with Crippen LogP contribution in [-0.2, 0) is 0 Å². The van der Waals surface area contributed by atoms with Crippen LogP contribution in [0, 0.1) is 13.8 Å². The van der Waals surface area contributed by atoms with E-state index in [9.17, 15) is 0 Å². The predicted octanol–water partition coefficient (Wildman–Crippen LogP) is 12.1. The van der Waals surface area contributed by atoms with Gasteiger partial charge in [0.25, 0.3) is 6.33 Å². The molecule has 0 unspecified atom stereocenters. The summed E-state index contributed by atoms with van der Waals surface area (Å²) in [6, 6.07) is 31.1. The van der Waals surface area contributed by atoms with Crippen LogP contribution < -0.4 is 9.30 Å². The van der Waals surface area contributed by atoms with Gasteiger partial charge in [0, 0.05) is 40.2 Å². The molecule has 0 amide bonds. The summed E-state index contributed by atoms with van der Waals surface area (Å²) in [4.78, 5) is 4.84. The Labute approximate surface area is 333 Å². The van der Waals surface area contributed by atoms with Gasteiger partial charge in [-0.05, 0) is 78.6 Å². The number of benzene rings is 7. The van der Waals surface area contributed by atoms with Crippen LogP contribution in [0.25, 0.3) is 72.3 Å². The molecule has 0 N–H and O–H groups in total. The molecule has 0 radical (unpaired) electrons. The lowest BCUT2D eigenvalue weighted by atomic mass is 9.95. The highest BCUT2D eigenvalue weighted by Gasteiger charge is 2.25. The van der Waals surface area contributed by atoms with Crippen LogP contribution in [0.15, 0.2) is 188 Å². The topological polar surface area (TPSA) is 35.9 Å². The van der Waals surface area contributed by atoms with Gasteiger partial charge in [0.15, 0.2) is 11.0 Å². The van der Waals surface area contributed by atoms with E-state index in [0.29, 0.717) is 28.2 Å². The fourth-order valence-electron chi connectivity index (χ4n) is 7.49.